The predicted molar refractivity (Wildman–Crippen MR) is 114 cm³/mol. The van der Waals surface area contributed by atoms with Gasteiger partial charge in [0.1, 0.15) is 0 Å². The van der Waals surface area contributed by atoms with Crippen LogP contribution < -0.4 is 0 Å². The lowest BCUT2D eigenvalue weighted by Gasteiger charge is -2.07. The fraction of sp³-hybridized carbons (Fsp3) is 0.318. The number of phenols is 1. The van der Waals surface area contributed by atoms with E-state index in [4.69, 9.17) is 4.74 Å². The monoisotopic (exact) mass is 415 g/mol. The topological polar surface area (TPSA) is 89.7 Å². The molecule has 0 bridgehead atoms. The number of carbonyl (C=O) groups is 1. The molecule has 0 aliphatic heterocycles. The summed E-state index contributed by atoms with van der Waals surface area (Å²) in [5, 5.41) is 21.5. The maximum atomic E-state index is 11.5. The average Bonchev–Trinajstić information content (AvgIpc) is 2.69. The summed E-state index contributed by atoms with van der Waals surface area (Å²) in [6, 6.07) is 11.0. The first kappa shape index (κ1) is 22.5. The molecule has 0 spiro atoms. The Morgan fingerprint density at radius 3 is 2.52 bits per heavy atom. The van der Waals surface area contributed by atoms with E-state index >= 15 is 0 Å². The zero-order valence-electron chi connectivity index (χ0n) is 16.6. The molecule has 2 aromatic rings. The smallest absolute Gasteiger partial charge is 0.330 e. The standard InChI is InChI=1S/C22H25NO5S/c1-3-5-6-7-16-8-11-18(12-9-16)29-19-14-17(10-13-21(24)28-4-2)22(25)20(15-19)23(26)27/h8-15,25H,3-7H2,1-2H3/b13-10+. The lowest BCUT2D eigenvalue weighted by molar-refractivity contribution is -0.386. The number of nitro groups is 1. The number of nitrogens with zero attached hydrogens (tertiary/aromatic N) is 1. The minimum atomic E-state index is -0.641. The fourth-order valence-corrected chi connectivity index (χ4v) is 3.63. The van der Waals surface area contributed by atoms with E-state index in [2.05, 4.69) is 19.1 Å². The SMILES string of the molecule is CCCCCc1ccc(Sc2cc(/C=C/C(=O)OCC)c(O)c([N+](=O)[O-])c2)cc1. The highest BCUT2D eigenvalue weighted by Crippen LogP contribution is 2.38. The van der Waals surface area contributed by atoms with Gasteiger partial charge in [0.25, 0.3) is 0 Å². The van der Waals surface area contributed by atoms with Crippen LogP contribution in [0.3, 0.4) is 0 Å². The second kappa shape index (κ2) is 11.3. The van der Waals surface area contributed by atoms with Gasteiger partial charge in [-0.05, 0) is 49.6 Å². The molecule has 0 aliphatic carbocycles. The molecule has 0 fully saturated rings. The van der Waals surface area contributed by atoms with Crippen LogP contribution in [0.15, 0.2) is 52.3 Å². The summed E-state index contributed by atoms with van der Waals surface area (Å²) in [6.45, 7) is 4.08. The summed E-state index contributed by atoms with van der Waals surface area (Å²) in [5.41, 5.74) is 1.04. The van der Waals surface area contributed by atoms with Gasteiger partial charge in [0.05, 0.1) is 11.5 Å². The van der Waals surface area contributed by atoms with E-state index in [1.54, 1.807) is 13.0 Å². The highest BCUT2D eigenvalue weighted by molar-refractivity contribution is 7.99. The van der Waals surface area contributed by atoms with E-state index < -0.39 is 22.3 Å². The first-order chi connectivity index (χ1) is 13.9. The minimum absolute atomic E-state index is 0.186. The van der Waals surface area contributed by atoms with E-state index in [0.29, 0.717) is 4.90 Å². The Labute approximate surface area is 174 Å². The fourth-order valence-electron chi connectivity index (χ4n) is 2.73. The maximum absolute atomic E-state index is 11.5. The van der Waals surface area contributed by atoms with Crippen molar-refractivity contribution in [3.8, 4) is 5.75 Å². The Hall–Kier alpha value is -2.80. The first-order valence-electron chi connectivity index (χ1n) is 9.57. The van der Waals surface area contributed by atoms with Gasteiger partial charge in [-0.2, -0.15) is 0 Å². The first-order valence-corrected chi connectivity index (χ1v) is 10.4. The summed E-state index contributed by atoms with van der Waals surface area (Å²) in [6.07, 6.45) is 7.04. The molecule has 6 nitrogen and oxygen atoms in total. The van der Waals surface area contributed by atoms with Crippen LogP contribution in [0.25, 0.3) is 6.08 Å². The van der Waals surface area contributed by atoms with E-state index in [9.17, 15) is 20.0 Å². The Morgan fingerprint density at radius 2 is 1.90 bits per heavy atom. The number of benzene rings is 2. The van der Waals surface area contributed by atoms with Crippen LogP contribution in [0.1, 0.15) is 44.2 Å². The maximum Gasteiger partial charge on any atom is 0.330 e. The van der Waals surface area contributed by atoms with Gasteiger partial charge in [0.2, 0.25) is 5.75 Å². The number of carbonyl (C=O) groups excluding carboxylic acids is 1. The van der Waals surface area contributed by atoms with Gasteiger partial charge in [-0.15, -0.1) is 0 Å². The lowest BCUT2D eigenvalue weighted by atomic mass is 10.1. The second-order valence-electron chi connectivity index (χ2n) is 6.43. The van der Waals surface area contributed by atoms with Crippen molar-refractivity contribution in [2.24, 2.45) is 0 Å². The molecule has 0 unspecified atom stereocenters. The third kappa shape index (κ3) is 6.94. The summed E-state index contributed by atoms with van der Waals surface area (Å²) in [7, 11) is 0. The van der Waals surface area contributed by atoms with Gasteiger partial charge < -0.3 is 9.84 Å². The molecule has 154 valence electrons. The van der Waals surface area contributed by atoms with Gasteiger partial charge in [-0.25, -0.2) is 4.79 Å². The average molecular weight is 416 g/mol. The van der Waals surface area contributed by atoms with Crippen LogP contribution in [0.5, 0.6) is 5.75 Å². The van der Waals surface area contributed by atoms with E-state index in [-0.39, 0.29) is 12.2 Å². The highest BCUT2D eigenvalue weighted by atomic mass is 32.2. The molecular weight excluding hydrogens is 390 g/mol. The Bertz CT molecular complexity index is 878. The van der Waals surface area contributed by atoms with Crippen molar-refractivity contribution >= 4 is 29.5 Å². The van der Waals surface area contributed by atoms with Crippen molar-refractivity contribution in [2.45, 2.75) is 49.3 Å². The van der Waals surface area contributed by atoms with Gasteiger partial charge in [0, 0.05) is 27.5 Å². The summed E-state index contributed by atoms with van der Waals surface area (Å²) >= 11 is 1.36. The van der Waals surface area contributed by atoms with Gasteiger partial charge >= 0.3 is 11.7 Å². The number of aryl methyl sites for hydroxylation is 1. The number of nitro benzene ring substituents is 1. The van der Waals surface area contributed by atoms with E-state index in [0.717, 1.165) is 23.8 Å². The number of esters is 1. The summed E-state index contributed by atoms with van der Waals surface area (Å²) < 4.78 is 4.81. The number of hydrogen-bond acceptors (Lipinski definition) is 6. The van der Waals surface area contributed by atoms with Crippen LogP contribution in [-0.2, 0) is 16.0 Å². The number of hydrogen-bond donors (Lipinski definition) is 1. The van der Waals surface area contributed by atoms with Crippen LogP contribution in [0.2, 0.25) is 0 Å². The van der Waals surface area contributed by atoms with Crippen LogP contribution in [-0.4, -0.2) is 22.6 Å². The van der Waals surface area contributed by atoms with Crippen LogP contribution >= 0.6 is 11.8 Å². The molecule has 2 rings (SSSR count). The molecule has 0 atom stereocenters. The number of ether oxygens (including phenoxy) is 1. The number of unbranched alkanes of at least 4 members (excludes halogenated alkanes) is 2. The third-order valence-corrected chi connectivity index (χ3v) is 5.18. The largest absolute Gasteiger partial charge is 0.502 e. The molecule has 0 radical (unpaired) electrons. The van der Waals surface area contributed by atoms with Crippen molar-refractivity contribution in [3.05, 3.63) is 63.7 Å². The molecule has 0 amide bonds. The van der Waals surface area contributed by atoms with Gasteiger partial charge in [-0.3, -0.25) is 10.1 Å². The zero-order chi connectivity index (χ0) is 21.2. The molecule has 0 heterocycles. The molecule has 7 heteroatoms. The number of aromatic hydroxyl groups is 1. The van der Waals surface area contributed by atoms with E-state index in [1.807, 2.05) is 12.1 Å². The Balaban J connectivity index is 2.23. The lowest BCUT2D eigenvalue weighted by Crippen LogP contribution is -1.98. The van der Waals surface area contributed by atoms with Crippen LogP contribution in [0.4, 0.5) is 5.69 Å². The molecule has 0 saturated heterocycles. The number of phenolic OH excluding ortho intramolecular Hbond substituents is 1. The number of rotatable bonds is 10. The van der Waals surface area contributed by atoms with Gasteiger partial charge in [-0.1, -0.05) is 43.7 Å². The highest BCUT2D eigenvalue weighted by Gasteiger charge is 2.18. The molecule has 0 aliphatic rings. The molecule has 0 saturated carbocycles. The quantitative estimate of drug-likeness (QED) is 0.174. The van der Waals surface area contributed by atoms with Crippen molar-refractivity contribution in [2.75, 3.05) is 6.61 Å². The third-order valence-electron chi connectivity index (χ3n) is 4.20. The van der Waals surface area contributed by atoms with Crippen molar-refractivity contribution in [1.82, 2.24) is 0 Å². The normalized spacial score (nSPS) is 11.0. The zero-order valence-corrected chi connectivity index (χ0v) is 17.4. The predicted octanol–water partition coefficient (Wildman–Crippen LogP) is 5.76. The Morgan fingerprint density at radius 1 is 1.17 bits per heavy atom. The summed E-state index contributed by atoms with van der Waals surface area (Å²) in [4.78, 5) is 23.7. The molecule has 0 aromatic heterocycles. The van der Waals surface area contributed by atoms with Gasteiger partial charge in [0.15, 0.2) is 0 Å². The molecule has 29 heavy (non-hydrogen) atoms. The molecule has 2 aromatic carbocycles. The molecular formula is C22H25NO5S. The van der Waals surface area contributed by atoms with Crippen molar-refractivity contribution in [3.63, 3.8) is 0 Å². The second-order valence-corrected chi connectivity index (χ2v) is 7.57. The Kier molecular flexibility index (Phi) is 8.73. The summed E-state index contributed by atoms with van der Waals surface area (Å²) in [5.74, 6) is -1.06. The molecule has 1 N–H and O–H groups in total. The van der Waals surface area contributed by atoms with Crippen LogP contribution in [0, 0.1) is 10.1 Å². The van der Waals surface area contributed by atoms with Crippen molar-refractivity contribution < 1.29 is 19.6 Å². The minimum Gasteiger partial charge on any atom is -0.502 e. The van der Waals surface area contributed by atoms with E-state index in [1.165, 1.54) is 42.3 Å². The van der Waals surface area contributed by atoms with Crippen molar-refractivity contribution in [1.29, 1.82) is 0 Å².